The minimum absolute atomic E-state index is 0.0130. The largest absolute Gasteiger partial charge is 0.494 e. The Morgan fingerprint density at radius 3 is 2.27 bits per heavy atom. The summed E-state index contributed by atoms with van der Waals surface area (Å²) in [6.45, 7) is 5.05. The van der Waals surface area contributed by atoms with E-state index in [0.717, 1.165) is 48.7 Å². The van der Waals surface area contributed by atoms with Gasteiger partial charge in [-0.1, -0.05) is 69.1 Å². The number of carbonyl (C=O) groups is 3. The highest BCUT2D eigenvalue weighted by Gasteiger charge is 2.39. The molecule has 0 spiro atoms. The number of unbranched alkanes of at least 4 members (excludes halogenated alkanes) is 1. The maximum absolute atomic E-state index is 13.8. The van der Waals surface area contributed by atoms with Crippen molar-refractivity contribution in [1.82, 2.24) is 0 Å². The number of esters is 1. The highest BCUT2D eigenvalue weighted by molar-refractivity contribution is 7.99. The van der Waals surface area contributed by atoms with Crippen molar-refractivity contribution in [1.29, 1.82) is 0 Å². The third kappa shape index (κ3) is 6.03. The standard InChI is InChI=1S/C37H41NO5S/c1-3-5-18-42-25-14-16-27(17-15-25)44-31-21-30(34(38)33-32(31)35(39)28-8-6-7-9-29(28)36(33)40)37(41)43-26-13-12-23-19-22(4-2)10-11-24(23)20-26/h6-9,14-17,21-24,26H,3-5,10-13,18-20,38H2,1-2H3. The van der Waals surface area contributed by atoms with Crippen LogP contribution in [0.4, 0.5) is 5.69 Å². The Morgan fingerprint density at radius 2 is 1.57 bits per heavy atom. The molecule has 6 rings (SSSR count). The number of fused-ring (bicyclic) bond motifs is 3. The SMILES string of the molecule is CCCCOc1ccc(Sc2cc(C(=O)OC3CCC4CC(CC)CCC4C3)c(N)c3c2C(=O)c2ccccc2C3=O)cc1. The number of nitrogens with two attached hydrogens (primary N) is 1. The average Bonchev–Trinajstić information content (AvgIpc) is 3.04. The molecule has 2 saturated carbocycles. The molecule has 0 saturated heterocycles. The van der Waals surface area contributed by atoms with Gasteiger partial charge in [-0.3, -0.25) is 9.59 Å². The zero-order chi connectivity index (χ0) is 30.8. The molecular formula is C37H41NO5S. The van der Waals surface area contributed by atoms with E-state index >= 15 is 0 Å². The monoisotopic (exact) mass is 611 g/mol. The fraction of sp³-hybridized carbons (Fsp3) is 0.432. The van der Waals surface area contributed by atoms with Crippen molar-refractivity contribution < 1.29 is 23.9 Å². The number of anilines is 1. The summed E-state index contributed by atoms with van der Waals surface area (Å²) in [5.74, 6) is 1.73. The normalized spacial score (nSPS) is 22.5. The molecule has 0 heterocycles. The van der Waals surface area contributed by atoms with Crippen LogP contribution in [-0.2, 0) is 4.74 Å². The van der Waals surface area contributed by atoms with Crippen LogP contribution >= 0.6 is 11.8 Å². The van der Waals surface area contributed by atoms with Gasteiger partial charge in [0.05, 0.1) is 23.4 Å². The lowest BCUT2D eigenvalue weighted by Gasteiger charge is -2.41. The van der Waals surface area contributed by atoms with E-state index < -0.39 is 5.97 Å². The van der Waals surface area contributed by atoms with Crippen LogP contribution in [0, 0.1) is 17.8 Å². The van der Waals surface area contributed by atoms with Crippen LogP contribution < -0.4 is 10.5 Å². The van der Waals surface area contributed by atoms with E-state index in [2.05, 4.69) is 13.8 Å². The zero-order valence-electron chi connectivity index (χ0n) is 25.6. The van der Waals surface area contributed by atoms with Gasteiger partial charge in [-0.25, -0.2) is 4.79 Å². The van der Waals surface area contributed by atoms with E-state index in [-0.39, 0.29) is 40.0 Å². The first kappa shape index (κ1) is 30.4. The van der Waals surface area contributed by atoms with E-state index in [0.29, 0.717) is 34.5 Å². The number of hydrogen-bond donors (Lipinski definition) is 1. The van der Waals surface area contributed by atoms with Crippen molar-refractivity contribution in [2.45, 2.75) is 87.5 Å². The fourth-order valence-corrected chi connectivity index (χ4v) is 8.23. The summed E-state index contributed by atoms with van der Waals surface area (Å²) in [6, 6.07) is 16.0. The van der Waals surface area contributed by atoms with E-state index in [4.69, 9.17) is 15.2 Å². The Morgan fingerprint density at radius 1 is 0.886 bits per heavy atom. The first-order chi connectivity index (χ1) is 21.4. The molecule has 3 aromatic rings. The minimum atomic E-state index is -0.531. The Labute approximate surface area is 264 Å². The van der Waals surface area contributed by atoms with Gasteiger partial charge in [0.2, 0.25) is 0 Å². The maximum Gasteiger partial charge on any atom is 0.340 e. The highest BCUT2D eigenvalue weighted by atomic mass is 32.2. The second-order valence-corrected chi connectivity index (χ2v) is 13.6. The number of carbonyl (C=O) groups excluding carboxylic acids is 3. The number of ether oxygens (including phenoxy) is 2. The summed E-state index contributed by atoms with van der Waals surface area (Å²) in [4.78, 5) is 42.8. The van der Waals surface area contributed by atoms with Crippen LogP contribution in [-0.4, -0.2) is 30.2 Å². The van der Waals surface area contributed by atoms with Crippen molar-refractivity contribution in [3.05, 3.63) is 82.4 Å². The Bertz CT molecular complexity index is 1560. The molecule has 3 aliphatic carbocycles. The van der Waals surface area contributed by atoms with Crippen molar-refractivity contribution in [3.8, 4) is 5.75 Å². The van der Waals surface area contributed by atoms with Gasteiger partial charge in [-0.2, -0.15) is 0 Å². The summed E-state index contributed by atoms with van der Waals surface area (Å²) in [5, 5.41) is 0. The van der Waals surface area contributed by atoms with Gasteiger partial charge in [0.1, 0.15) is 11.9 Å². The molecule has 6 nitrogen and oxygen atoms in total. The van der Waals surface area contributed by atoms with Gasteiger partial charge in [0, 0.05) is 26.5 Å². The van der Waals surface area contributed by atoms with Gasteiger partial charge in [0.25, 0.3) is 0 Å². The van der Waals surface area contributed by atoms with Crippen LogP contribution in [0.25, 0.3) is 0 Å². The van der Waals surface area contributed by atoms with Crippen molar-refractivity contribution in [2.75, 3.05) is 12.3 Å². The van der Waals surface area contributed by atoms with Gasteiger partial charge in [-0.05, 0) is 86.6 Å². The molecule has 44 heavy (non-hydrogen) atoms. The second-order valence-electron chi connectivity index (χ2n) is 12.5. The predicted molar refractivity (Wildman–Crippen MR) is 173 cm³/mol. The van der Waals surface area contributed by atoms with Crippen molar-refractivity contribution >= 4 is 35.0 Å². The third-order valence-corrected chi connectivity index (χ3v) is 10.8. The summed E-state index contributed by atoms with van der Waals surface area (Å²) < 4.78 is 11.9. The molecule has 230 valence electrons. The average molecular weight is 612 g/mol. The molecule has 0 aliphatic heterocycles. The summed E-state index contributed by atoms with van der Waals surface area (Å²) >= 11 is 1.33. The molecule has 7 heteroatoms. The highest BCUT2D eigenvalue weighted by Crippen LogP contribution is 2.45. The fourth-order valence-electron chi connectivity index (χ4n) is 7.23. The Balaban J connectivity index is 1.30. The minimum Gasteiger partial charge on any atom is -0.494 e. The molecule has 0 radical (unpaired) electrons. The number of rotatable bonds is 9. The third-order valence-electron chi connectivity index (χ3n) is 9.76. The zero-order valence-corrected chi connectivity index (χ0v) is 26.4. The first-order valence-corrected chi connectivity index (χ1v) is 17.0. The van der Waals surface area contributed by atoms with Gasteiger partial charge >= 0.3 is 5.97 Å². The van der Waals surface area contributed by atoms with Crippen LogP contribution in [0.2, 0.25) is 0 Å². The molecule has 3 aromatic carbocycles. The van der Waals surface area contributed by atoms with E-state index in [1.807, 2.05) is 24.3 Å². The number of nitrogen functional groups attached to an aromatic ring is 1. The molecular weight excluding hydrogens is 570 g/mol. The van der Waals surface area contributed by atoms with Crippen molar-refractivity contribution in [2.24, 2.45) is 17.8 Å². The van der Waals surface area contributed by atoms with E-state index in [1.54, 1.807) is 30.3 Å². The smallest absolute Gasteiger partial charge is 0.340 e. The number of benzene rings is 3. The predicted octanol–water partition coefficient (Wildman–Crippen LogP) is 8.53. The summed E-state index contributed by atoms with van der Waals surface area (Å²) in [7, 11) is 0. The van der Waals surface area contributed by atoms with Gasteiger partial charge in [-0.15, -0.1) is 0 Å². The molecule has 0 bridgehead atoms. The lowest BCUT2D eigenvalue weighted by Crippen LogP contribution is -2.35. The van der Waals surface area contributed by atoms with E-state index in [9.17, 15) is 14.4 Å². The summed E-state index contributed by atoms with van der Waals surface area (Å²) in [6.07, 6.45) is 9.60. The molecule has 2 N–H and O–H groups in total. The van der Waals surface area contributed by atoms with Crippen LogP contribution in [0.15, 0.2) is 64.4 Å². The first-order valence-electron chi connectivity index (χ1n) is 16.1. The van der Waals surface area contributed by atoms with Gasteiger partial charge < -0.3 is 15.2 Å². The number of hydrogen-bond acceptors (Lipinski definition) is 7. The van der Waals surface area contributed by atoms with Crippen LogP contribution in [0.3, 0.4) is 0 Å². The van der Waals surface area contributed by atoms with Crippen LogP contribution in [0.1, 0.15) is 114 Å². The second kappa shape index (κ2) is 13.2. The lowest BCUT2D eigenvalue weighted by atomic mass is 9.66. The molecule has 0 amide bonds. The quantitative estimate of drug-likeness (QED) is 0.115. The molecule has 4 atom stereocenters. The molecule has 2 fully saturated rings. The van der Waals surface area contributed by atoms with E-state index in [1.165, 1.54) is 37.4 Å². The maximum atomic E-state index is 13.8. The Hall–Kier alpha value is -3.58. The molecule has 4 unspecified atom stereocenters. The van der Waals surface area contributed by atoms with Crippen molar-refractivity contribution in [3.63, 3.8) is 0 Å². The number of ketones is 2. The van der Waals surface area contributed by atoms with Crippen LogP contribution in [0.5, 0.6) is 5.75 Å². The summed E-state index contributed by atoms with van der Waals surface area (Å²) in [5.41, 5.74) is 7.72. The lowest BCUT2D eigenvalue weighted by molar-refractivity contribution is -0.00586. The molecule has 0 aromatic heterocycles. The Kier molecular flexibility index (Phi) is 9.13. The topological polar surface area (TPSA) is 95.7 Å². The van der Waals surface area contributed by atoms with Gasteiger partial charge in [0.15, 0.2) is 11.6 Å². The molecule has 3 aliphatic rings.